The van der Waals surface area contributed by atoms with Crippen LogP contribution in [0.15, 0.2) is 78.4 Å². The molecule has 8 heteroatoms. The van der Waals surface area contributed by atoms with Gasteiger partial charge in [-0.2, -0.15) is 0 Å². The smallest absolute Gasteiger partial charge is 0.310 e. The number of carbonyl (C=O) groups is 1. The van der Waals surface area contributed by atoms with Crippen molar-refractivity contribution in [2.75, 3.05) is 47.1 Å². The molecular formula is C34H40N2O6. The predicted octanol–water partition coefficient (Wildman–Crippen LogP) is 4.56. The molecule has 2 aliphatic rings. The van der Waals surface area contributed by atoms with Crippen LogP contribution in [-0.4, -0.2) is 65.2 Å². The molecule has 222 valence electrons. The van der Waals surface area contributed by atoms with Crippen molar-refractivity contribution < 1.29 is 28.5 Å². The highest BCUT2D eigenvalue weighted by Crippen LogP contribution is 2.32. The van der Waals surface area contributed by atoms with Crippen LogP contribution in [0.2, 0.25) is 0 Å². The van der Waals surface area contributed by atoms with E-state index in [2.05, 4.69) is 22.8 Å². The fraction of sp³-hybridized carbons (Fsp3) is 0.382. The van der Waals surface area contributed by atoms with E-state index in [0.29, 0.717) is 31.6 Å². The number of nitrogens with one attached hydrogen (secondary N) is 2. The van der Waals surface area contributed by atoms with Gasteiger partial charge in [-0.3, -0.25) is 4.79 Å². The number of esters is 1. The van der Waals surface area contributed by atoms with Crippen LogP contribution in [0.1, 0.15) is 29.5 Å². The lowest BCUT2D eigenvalue weighted by atomic mass is 9.84. The van der Waals surface area contributed by atoms with Crippen LogP contribution in [0.5, 0.6) is 17.2 Å². The van der Waals surface area contributed by atoms with E-state index in [-0.39, 0.29) is 25.0 Å². The Hall–Kier alpha value is -3.85. The molecule has 2 heterocycles. The SMILES string of the molecule is COc1ccccc1COCCCOc1ccc(C2=C(COC(=O)Cc3ccccc3OC)[C@H]3CNCC(C2)N3)cc1. The van der Waals surface area contributed by atoms with Crippen LogP contribution in [0.3, 0.4) is 0 Å². The lowest BCUT2D eigenvalue weighted by Crippen LogP contribution is -2.58. The number of hydrogen-bond donors (Lipinski definition) is 2. The Bertz CT molecular complexity index is 1360. The number of piperazine rings is 1. The van der Waals surface area contributed by atoms with Gasteiger partial charge >= 0.3 is 5.97 Å². The number of hydrogen-bond acceptors (Lipinski definition) is 8. The Morgan fingerprint density at radius 1 is 0.833 bits per heavy atom. The maximum Gasteiger partial charge on any atom is 0.310 e. The first-order chi connectivity index (χ1) is 20.6. The number of rotatable bonds is 14. The largest absolute Gasteiger partial charge is 0.496 e. The van der Waals surface area contributed by atoms with Crippen molar-refractivity contribution in [1.29, 1.82) is 0 Å². The van der Waals surface area contributed by atoms with Gasteiger partial charge in [0.2, 0.25) is 0 Å². The molecule has 2 aliphatic heterocycles. The monoisotopic (exact) mass is 572 g/mol. The fourth-order valence-corrected chi connectivity index (χ4v) is 5.56. The molecule has 0 aromatic heterocycles. The van der Waals surface area contributed by atoms with E-state index in [0.717, 1.165) is 59.7 Å². The molecule has 1 fully saturated rings. The number of benzene rings is 3. The van der Waals surface area contributed by atoms with E-state index >= 15 is 0 Å². The van der Waals surface area contributed by atoms with E-state index in [4.69, 9.17) is 23.7 Å². The molecule has 3 aromatic rings. The molecule has 2 N–H and O–H groups in total. The highest BCUT2D eigenvalue weighted by atomic mass is 16.5. The number of ether oxygens (including phenoxy) is 5. The summed E-state index contributed by atoms with van der Waals surface area (Å²) in [6, 6.07) is 24.1. The van der Waals surface area contributed by atoms with Crippen LogP contribution in [0.4, 0.5) is 0 Å². The number of fused-ring (bicyclic) bond motifs is 2. The number of methoxy groups -OCH3 is 2. The minimum absolute atomic E-state index is 0.123. The molecular weight excluding hydrogens is 532 g/mol. The summed E-state index contributed by atoms with van der Waals surface area (Å²) in [6.45, 7) is 3.66. The zero-order valence-electron chi connectivity index (χ0n) is 24.4. The van der Waals surface area contributed by atoms with Gasteiger partial charge in [-0.1, -0.05) is 48.5 Å². The van der Waals surface area contributed by atoms with Crippen LogP contribution < -0.4 is 24.8 Å². The lowest BCUT2D eigenvalue weighted by Gasteiger charge is -2.40. The summed E-state index contributed by atoms with van der Waals surface area (Å²) < 4.78 is 28.4. The minimum Gasteiger partial charge on any atom is -0.496 e. The summed E-state index contributed by atoms with van der Waals surface area (Å²) in [6.07, 6.45) is 1.82. The summed E-state index contributed by atoms with van der Waals surface area (Å²) >= 11 is 0. The van der Waals surface area contributed by atoms with Gasteiger partial charge in [-0.25, -0.2) is 0 Å². The maximum atomic E-state index is 12.8. The summed E-state index contributed by atoms with van der Waals surface area (Å²) in [7, 11) is 3.28. The van der Waals surface area contributed by atoms with Gasteiger partial charge in [0, 0.05) is 42.7 Å². The van der Waals surface area contributed by atoms with Crippen LogP contribution in [0, 0.1) is 0 Å². The maximum absolute atomic E-state index is 12.8. The molecule has 0 radical (unpaired) electrons. The van der Waals surface area contributed by atoms with Gasteiger partial charge < -0.3 is 34.3 Å². The lowest BCUT2D eigenvalue weighted by molar-refractivity contribution is -0.142. The van der Waals surface area contributed by atoms with E-state index in [9.17, 15) is 4.79 Å². The zero-order valence-corrected chi connectivity index (χ0v) is 24.4. The second-order valence-corrected chi connectivity index (χ2v) is 10.5. The molecule has 0 saturated carbocycles. The molecule has 8 nitrogen and oxygen atoms in total. The third kappa shape index (κ3) is 7.70. The molecule has 1 saturated heterocycles. The normalized spacial score (nSPS) is 18.0. The summed E-state index contributed by atoms with van der Waals surface area (Å²) in [5.74, 6) is 2.08. The topological polar surface area (TPSA) is 87.3 Å². The molecule has 0 spiro atoms. The van der Waals surface area contributed by atoms with Gasteiger partial charge in [0.05, 0.1) is 40.5 Å². The second-order valence-electron chi connectivity index (χ2n) is 10.5. The Labute approximate surface area is 248 Å². The summed E-state index contributed by atoms with van der Waals surface area (Å²) in [5, 5.41) is 7.19. The molecule has 1 unspecified atom stereocenters. The number of para-hydroxylation sites is 2. The summed E-state index contributed by atoms with van der Waals surface area (Å²) in [5.41, 5.74) is 5.35. The highest BCUT2D eigenvalue weighted by molar-refractivity contribution is 5.76. The van der Waals surface area contributed by atoms with Gasteiger partial charge in [0.15, 0.2) is 0 Å². The molecule has 42 heavy (non-hydrogen) atoms. The average molecular weight is 573 g/mol. The van der Waals surface area contributed by atoms with Gasteiger partial charge in [0.1, 0.15) is 23.9 Å². The van der Waals surface area contributed by atoms with E-state index in [1.165, 1.54) is 5.57 Å². The molecule has 0 amide bonds. The van der Waals surface area contributed by atoms with Crippen molar-refractivity contribution in [1.82, 2.24) is 10.6 Å². The standard InChI is InChI=1S/C34H40N2O6/c1-38-32-10-5-3-8-25(32)18-34(37)42-23-30-29(19-27-20-35-21-31(30)36-27)24-12-14-28(15-13-24)41-17-7-16-40-22-26-9-4-6-11-33(26)39-2/h3-6,8-15,27,31,35-36H,7,16-23H2,1-2H3/t27?,31-/m1/s1. The molecule has 0 aliphatic carbocycles. The van der Waals surface area contributed by atoms with Crippen molar-refractivity contribution in [2.24, 2.45) is 0 Å². The Morgan fingerprint density at radius 3 is 2.31 bits per heavy atom. The van der Waals surface area contributed by atoms with E-state index < -0.39 is 0 Å². The number of carbonyl (C=O) groups excluding carboxylic acids is 1. The molecule has 3 aromatic carbocycles. The third-order valence-electron chi connectivity index (χ3n) is 7.71. The predicted molar refractivity (Wildman–Crippen MR) is 162 cm³/mol. The highest BCUT2D eigenvalue weighted by Gasteiger charge is 2.32. The minimum atomic E-state index is -0.270. The first-order valence-electron chi connectivity index (χ1n) is 14.5. The van der Waals surface area contributed by atoms with Gasteiger partial charge in [0.25, 0.3) is 0 Å². The average Bonchev–Trinajstić information content (AvgIpc) is 3.03. The first kappa shape index (κ1) is 29.6. The quantitative estimate of drug-likeness (QED) is 0.215. The van der Waals surface area contributed by atoms with Crippen molar-refractivity contribution in [3.8, 4) is 17.2 Å². The van der Waals surface area contributed by atoms with Crippen LogP contribution in [0.25, 0.3) is 5.57 Å². The van der Waals surface area contributed by atoms with Gasteiger partial charge in [-0.05, 0) is 47.4 Å². The van der Waals surface area contributed by atoms with Crippen LogP contribution in [-0.2, 0) is 27.3 Å². The van der Waals surface area contributed by atoms with E-state index in [1.54, 1.807) is 14.2 Å². The summed E-state index contributed by atoms with van der Waals surface area (Å²) in [4.78, 5) is 12.8. The molecule has 5 rings (SSSR count). The van der Waals surface area contributed by atoms with Crippen LogP contribution >= 0.6 is 0 Å². The third-order valence-corrected chi connectivity index (χ3v) is 7.71. The van der Waals surface area contributed by atoms with Crippen molar-refractivity contribution in [3.05, 3.63) is 95.1 Å². The Kier molecular flexibility index (Phi) is 10.5. The van der Waals surface area contributed by atoms with Gasteiger partial charge in [-0.15, -0.1) is 0 Å². The fourth-order valence-electron chi connectivity index (χ4n) is 5.56. The van der Waals surface area contributed by atoms with Crippen molar-refractivity contribution in [2.45, 2.75) is 38.0 Å². The second kappa shape index (κ2) is 14.9. The van der Waals surface area contributed by atoms with E-state index in [1.807, 2.05) is 60.7 Å². The Morgan fingerprint density at radius 2 is 1.55 bits per heavy atom. The zero-order chi connectivity index (χ0) is 29.1. The van der Waals surface area contributed by atoms with Crippen molar-refractivity contribution >= 4 is 11.5 Å². The molecule has 2 bridgehead atoms. The Balaban J connectivity index is 1.15. The molecule has 2 atom stereocenters. The van der Waals surface area contributed by atoms with Crippen molar-refractivity contribution in [3.63, 3.8) is 0 Å². The first-order valence-corrected chi connectivity index (χ1v) is 14.5.